The molecule has 1 aromatic rings. The van der Waals surface area contributed by atoms with Crippen LogP contribution in [0.2, 0.25) is 0 Å². The Morgan fingerprint density at radius 3 is 2.41 bits per heavy atom. The first-order chi connectivity index (χ1) is 8.15. The Kier molecular flexibility index (Phi) is 4.06. The second-order valence-electron chi connectivity index (χ2n) is 5.27. The molecular weight excluding hydrogens is 212 g/mol. The van der Waals surface area contributed by atoms with Gasteiger partial charge in [0.2, 0.25) is 0 Å². The van der Waals surface area contributed by atoms with Gasteiger partial charge in [-0.25, -0.2) is 0 Å². The minimum atomic E-state index is -0.316. The summed E-state index contributed by atoms with van der Waals surface area (Å²) in [4.78, 5) is 0. The summed E-state index contributed by atoms with van der Waals surface area (Å²) in [5, 5.41) is 10.0. The van der Waals surface area contributed by atoms with Crippen molar-refractivity contribution < 1.29 is 9.84 Å². The Balaban J connectivity index is 1.86. The van der Waals surface area contributed by atoms with Crippen molar-refractivity contribution in [2.24, 2.45) is 5.92 Å². The molecule has 94 valence electrons. The third-order valence-electron chi connectivity index (χ3n) is 3.18. The van der Waals surface area contributed by atoms with Crippen molar-refractivity contribution in [2.75, 3.05) is 0 Å². The standard InChI is InChI=1S/C15H22O2/c1-11(2)17-14-8-6-13(7-9-14)15(16)10-5-12-3-4-12/h6-9,11-12,15-16H,3-5,10H2,1-2H3. The van der Waals surface area contributed by atoms with Crippen LogP contribution >= 0.6 is 0 Å². The van der Waals surface area contributed by atoms with Gasteiger partial charge in [-0.15, -0.1) is 0 Å². The zero-order valence-corrected chi connectivity index (χ0v) is 10.7. The van der Waals surface area contributed by atoms with Gasteiger partial charge in [0.25, 0.3) is 0 Å². The third-order valence-corrected chi connectivity index (χ3v) is 3.18. The van der Waals surface area contributed by atoms with Gasteiger partial charge in [0.15, 0.2) is 0 Å². The van der Waals surface area contributed by atoms with Gasteiger partial charge in [-0.1, -0.05) is 25.0 Å². The molecule has 0 aromatic heterocycles. The van der Waals surface area contributed by atoms with Crippen LogP contribution in [-0.2, 0) is 0 Å². The monoisotopic (exact) mass is 234 g/mol. The average molecular weight is 234 g/mol. The van der Waals surface area contributed by atoms with E-state index in [4.69, 9.17) is 4.74 Å². The quantitative estimate of drug-likeness (QED) is 0.813. The fourth-order valence-corrected chi connectivity index (χ4v) is 2.01. The molecular formula is C15H22O2. The Morgan fingerprint density at radius 2 is 1.88 bits per heavy atom. The van der Waals surface area contributed by atoms with Gasteiger partial charge in [-0.2, -0.15) is 0 Å². The number of hydrogen-bond donors (Lipinski definition) is 1. The van der Waals surface area contributed by atoms with E-state index < -0.39 is 0 Å². The number of rotatable bonds is 6. The Bertz CT molecular complexity index is 338. The summed E-state index contributed by atoms with van der Waals surface area (Å²) in [5.74, 6) is 1.76. The third kappa shape index (κ3) is 4.04. The molecule has 1 atom stereocenters. The van der Waals surface area contributed by atoms with Crippen molar-refractivity contribution in [2.45, 2.75) is 51.7 Å². The first kappa shape index (κ1) is 12.4. The highest BCUT2D eigenvalue weighted by atomic mass is 16.5. The van der Waals surface area contributed by atoms with Crippen molar-refractivity contribution >= 4 is 0 Å². The van der Waals surface area contributed by atoms with Crippen molar-refractivity contribution in [3.63, 3.8) is 0 Å². The minimum Gasteiger partial charge on any atom is -0.491 e. The van der Waals surface area contributed by atoms with Crippen LogP contribution in [0.5, 0.6) is 5.75 Å². The lowest BCUT2D eigenvalue weighted by molar-refractivity contribution is 0.162. The largest absolute Gasteiger partial charge is 0.491 e. The number of benzene rings is 1. The zero-order valence-electron chi connectivity index (χ0n) is 10.7. The molecule has 1 N–H and O–H groups in total. The van der Waals surface area contributed by atoms with Gasteiger partial charge in [0, 0.05) is 0 Å². The molecule has 1 aliphatic carbocycles. The molecule has 2 rings (SSSR count). The Labute approximate surface area is 104 Å². The number of hydrogen-bond acceptors (Lipinski definition) is 2. The fourth-order valence-electron chi connectivity index (χ4n) is 2.01. The van der Waals surface area contributed by atoms with E-state index in [9.17, 15) is 5.11 Å². The van der Waals surface area contributed by atoms with Gasteiger partial charge in [-0.3, -0.25) is 0 Å². The highest BCUT2D eigenvalue weighted by molar-refractivity contribution is 5.28. The number of aliphatic hydroxyl groups excluding tert-OH is 1. The van der Waals surface area contributed by atoms with Gasteiger partial charge < -0.3 is 9.84 Å². The normalized spacial score (nSPS) is 17.2. The molecule has 1 saturated carbocycles. The molecule has 1 unspecified atom stereocenters. The van der Waals surface area contributed by atoms with Gasteiger partial charge in [-0.05, 0) is 50.3 Å². The van der Waals surface area contributed by atoms with E-state index in [1.807, 2.05) is 38.1 Å². The highest BCUT2D eigenvalue weighted by Crippen LogP contribution is 2.36. The van der Waals surface area contributed by atoms with Crippen LogP contribution in [0.3, 0.4) is 0 Å². The molecule has 0 bridgehead atoms. The maximum Gasteiger partial charge on any atom is 0.119 e. The predicted octanol–water partition coefficient (Wildman–Crippen LogP) is 3.70. The van der Waals surface area contributed by atoms with E-state index in [0.29, 0.717) is 0 Å². The molecule has 1 aromatic carbocycles. The number of aliphatic hydroxyl groups is 1. The molecule has 2 nitrogen and oxygen atoms in total. The maximum absolute atomic E-state index is 10.0. The van der Waals surface area contributed by atoms with E-state index in [-0.39, 0.29) is 12.2 Å². The summed E-state index contributed by atoms with van der Waals surface area (Å²) < 4.78 is 5.58. The van der Waals surface area contributed by atoms with Crippen LogP contribution in [0, 0.1) is 5.92 Å². The molecule has 0 saturated heterocycles. The van der Waals surface area contributed by atoms with Gasteiger partial charge >= 0.3 is 0 Å². The van der Waals surface area contributed by atoms with Gasteiger partial charge in [0.1, 0.15) is 5.75 Å². The van der Waals surface area contributed by atoms with E-state index >= 15 is 0 Å². The van der Waals surface area contributed by atoms with Crippen LogP contribution in [0.4, 0.5) is 0 Å². The van der Waals surface area contributed by atoms with E-state index in [1.165, 1.54) is 12.8 Å². The van der Waals surface area contributed by atoms with Crippen molar-refractivity contribution in [3.8, 4) is 5.75 Å². The fraction of sp³-hybridized carbons (Fsp3) is 0.600. The molecule has 1 aliphatic rings. The summed E-state index contributed by atoms with van der Waals surface area (Å²) in [5.41, 5.74) is 1.00. The molecule has 0 aliphatic heterocycles. The van der Waals surface area contributed by atoms with E-state index in [0.717, 1.165) is 30.1 Å². The van der Waals surface area contributed by atoms with Crippen molar-refractivity contribution in [1.82, 2.24) is 0 Å². The minimum absolute atomic E-state index is 0.195. The highest BCUT2D eigenvalue weighted by Gasteiger charge is 2.22. The lowest BCUT2D eigenvalue weighted by atomic mass is 10.0. The summed E-state index contributed by atoms with van der Waals surface area (Å²) in [7, 11) is 0. The van der Waals surface area contributed by atoms with E-state index in [2.05, 4.69) is 0 Å². The zero-order chi connectivity index (χ0) is 12.3. The number of ether oxygens (including phenoxy) is 1. The van der Waals surface area contributed by atoms with Gasteiger partial charge in [0.05, 0.1) is 12.2 Å². The summed E-state index contributed by atoms with van der Waals surface area (Å²) >= 11 is 0. The predicted molar refractivity (Wildman–Crippen MR) is 69.1 cm³/mol. The van der Waals surface area contributed by atoms with Crippen LogP contribution in [0.1, 0.15) is 51.2 Å². The smallest absolute Gasteiger partial charge is 0.119 e. The Morgan fingerprint density at radius 1 is 1.24 bits per heavy atom. The summed E-state index contributed by atoms with van der Waals surface area (Å²) in [6, 6.07) is 7.82. The van der Waals surface area contributed by atoms with Crippen molar-refractivity contribution in [1.29, 1.82) is 0 Å². The topological polar surface area (TPSA) is 29.5 Å². The molecule has 0 spiro atoms. The lowest BCUT2D eigenvalue weighted by Crippen LogP contribution is -2.05. The second kappa shape index (κ2) is 5.54. The second-order valence-corrected chi connectivity index (χ2v) is 5.27. The van der Waals surface area contributed by atoms with Crippen LogP contribution in [-0.4, -0.2) is 11.2 Å². The average Bonchev–Trinajstić information content (AvgIpc) is 3.10. The van der Waals surface area contributed by atoms with E-state index in [1.54, 1.807) is 0 Å². The van der Waals surface area contributed by atoms with Crippen LogP contribution in [0.25, 0.3) is 0 Å². The molecule has 0 radical (unpaired) electrons. The molecule has 0 heterocycles. The van der Waals surface area contributed by atoms with Crippen LogP contribution in [0.15, 0.2) is 24.3 Å². The Hall–Kier alpha value is -1.02. The SMILES string of the molecule is CC(C)Oc1ccc(C(O)CCC2CC2)cc1. The maximum atomic E-state index is 10.0. The molecule has 2 heteroatoms. The van der Waals surface area contributed by atoms with Crippen LogP contribution < -0.4 is 4.74 Å². The molecule has 17 heavy (non-hydrogen) atoms. The first-order valence-electron chi connectivity index (χ1n) is 6.60. The molecule has 1 fully saturated rings. The molecule has 0 amide bonds. The summed E-state index contributed by atoms with van der Waals surface area (Å²) in [6.45, 7) is 4.02. The lowest BCUT2D eigenvalue weighted by Gasteiger charge is -2.13. The van der Waals surface area contributed by atoms with Crippen molar-refractivity contribution in [3.05, 3.63) is 29.8 Å². The summed E-state index contributed by atoms with van der Waals surface area (Å²) in [6.07, 6.45) is 4.63. The first-order valence-corrected chi connectivity index (χ1v) is 6.60.